The molecule has 154 valence electrons. The molecule has 0 saturated heterocycles. The van der Waals surface area contributed by atoms with Gasteiger partial charge in [-0.1, -0.05) is 34.8 Å². The highest BCUT2D eigenvalue weighted by molar-refractivity contribution is 7.89. The third-order valence-electron chi connectivity index (χ3n) is 3.76. The van der Waals surface area contributed by atoms with E-state index < -0.39 is 28.5 Å². The normalized spacial score (nSPS) is 13.8. The second-order valence-electron chi connectivity index (χ2n) is 6.14. The lowest BCUT2D eigenvalue weighted by atomic mass is 10.2. The van der Waals surface area contributed by atoms with Crippen LogP contribution >= 0.6 is 34.8 Å². The van der Waals surface area contributed by atoms with Gasteiger partial charge in [-0.05, 0) is 37.1 Å². The van der Waals surface area contributed by atoms with Crippen LogP contribution in [0.2, 0.25) is 15.1 Å². The maximum atomic E-state index is 12.4. The monoisotopic (exact) mass is 477 g/mol. The quantitative estimate of drug-likeness (QED) is 0.590. The number of hydrogen-bond donors (Lipinski definition) is 2. The van der Waals surface area contributed by atoms with Crippen molar-refractivity contribution in [3.05, 3.63) is 51.1 Å². The molecule has 1 aromatic carbocycles. The number of sulfonamides is 1. The second-order valence-corrected chi connectivity index (χ2v) is 9.08. The molecule has 0 unspecified atom stereocenters. The van der Waals surface area contributed by atoms with E-state index in [0.29, 0.717) is 5.02 Å². The molecule has 1 saturated carbocycles. The van der Waals surface area contributed by atoms with Crippen LogP contribution in [-0.2, 0) is 19.6 Å². The predicted octanol–water partition coefficient (Wildman–Crippen LogP) is 3.28. The molecule has 0 spiro atoms. The van der Waals surface area contributed by atoms with E-state index in [9.17, 15) is 18.0 Å². The summed E-state index contributed by atoms with van der Waals surface area (Å²) in [7, 11) is -3.92. The van der Waals surface area contributed by atoms with Crippen molar-refractivity contribution in [1.82, 2.24) is 9.71 Å². The van der Waals surface area contributed by atoms with Crippen LogP contribution in [0.15, 0.2) is 35.4 Å². The van der Waals surface area contributed by atoms with E-state index in [1.165, 1.54) is 18.3 Å². The van der Waals surface area contributed by atoms with Crippen molar-refractivity contribution in [2.45, 2.75) is 23.8 Å². The number of carbonyl (C=O) groups excluding carboxylic acids is 2. The lowest BCUT2D eigenvalue weighted by Gasteiger charge is -2.11. The molecule has 1 heterocycles. The van der Waals surface area contributed by atoms with Crippen molar-refractivity contribution in [2.75, 3.05) is 11.9 Å². The summed E-state index contributed by atoms with van der Waals surface area (Å²) in [5, 5.41) is 2.58. The fourth-order valence-corrected chi connectivity index (χ4v) is 4.48. The number of esters is 1. The molecule has 2 aromatic rings. The van der Waals surface area contributed by atoms with Crippen LogP contribution in [0.25, 0.3) is 0 Å². The molecule has 3 rings (SSSR count). The molecule has 1 aromatic heterocycles. The van der Waals surface area contributed by atoms with Gasteiger partial charge in [0.2, 0.25) is 10.0 Å². The number of pyridine rings is 1. The van der Waals surface area contributed by atoms with Crippen molar-refractivity contribution in [1.29, 1.82) is 0 Å². The molecular weight excluding hydrogens is 465 g/mol. The Morgan fingerprint density at radius 2 is 1.86 bits per heavy atom. The van der Waals surface area contributed by atoms with E-state index in [2.05, 4.69) is 15.0 Å². The van der Waals surface area contributed by atoms with E-state index in [-0.39, 0.29) is 32.4 Å². The summed E-state index contributed by atoms with van der Waals surface area (Å²) in [6.45, 7) is -0.634. The molecule has 0 radical (unpaired) electrons. The molecule has 1 amide bonds. The lowest BCUT2D eigenvalue weighted by molar-refractivity contribution is -0.119. The summed E-state index contributed by atoms with van der Waals surface area (Å²) in [6.07, 6.45) is 2.81. The molecule has 0 bridgehead atoms. The van der Waals surface area contributed by atoms with E-state index in [4.69, 9.17) is 39.5 Å². The maximum Gasteiger partial charge on any atom is 0.340 e. The van der Waals surface area contributed by atoms with E-state index in [0.717, 1.165) is 25.0 Å². The predicted molar refractivity (Wildman–Crippen MR) is 108 cm³/mol. The number of rotatable bonds is 7. The van der Waals surface area contributed by atoms with Gasteiger partial charge in [-0.2, -0.15) is 0 Å². The van der Waals surface area contributed by atoms with Gasteiger partial charge in [0.1, 0.15) is 10.7 Å². The zero-order valence-corrected chi connectivity index (χ0v) is 17.7. The topological polar surface area (TPSA) is 114 Å². The highest BCUT2D eigenvalue weighted by atomic mass is 35.5. The van der Waals surface area contributed by atoms with Gasteiger partial charge >= 0.3 is 5.97 Å². The number of ether oxygens (including phenoxy) is 1. The number of benzene rings is 1. The third-order valence-corrected chi connectivity index (χ3v) is 6.28. The van der Waals surface area contributed by atoms with Gasteiger partial charge in [-0.3, -0.25) is 4.79 Å². The Morgan fingerprint density at radius 3 is 2.48 bits per heavy atom. The standard InChI is InChI=1S/C17H14Cl3N3O5S/c18-9-1-4-15(21-7-9)22-16(24)8-28-17(25)11-5-14(13(20)6-12(11)19)29(26,27)23-10-2-3-10/h1,4-7,10,23H,2-3,8H2,(H,21,22,24). The summed E-state index contributed by atoms with van der Waals surface area (Å²) < 4.78 is 32.2. The zero-order chi connectivity index (χ0) is 21.2. The first-order chi connectivity index (χ1) is 13.7. The first-order valence-electron chi connectivity index (χ1n) is 8.25. The minimum absolute atomic E-state index is 0.106. The molecule has 2 N–H and O–H groups in total. The SMILES string of the molecule is O=C(COC(=O)c1cc(S(=O)(=O)NC2CC2)c(Cl)cc1Cl)Nc1ccc(Cl)cn1. The minimum atomic E-state index is -3.92. The summed E-state index contributed by atoms with van der Waals surface area (Å²) >= 11 is 17.7. The smallest absolute Gasteiger partial charge is 0.340 e. The first kappa shape index (κ1) is 21.8. The number of anilines is 1. The van der Waals surface area contributed by atoms with Crippen molar-refractivity contribution in [2.24, 2.45) is 0 Å². The average molecular weight is 479 g/mol. The Balaban J connectivity index is 1.69. The van der Waals surface area contributed by atoms with E-state index in [1.54, 1.807) is 0 Å². The summed E-state index contributed by atoms with van der Waals surface area (Å²) in [4.78, 5) is 27.8. The highest BCUT2D eigenvalue weighted by Gasteiger charge is 2.30. The Bertz CT molecular complexity index is 1060. The van der Waals surface area contributed by atoms with Gasteiger partial charge in [-0.25, -0.2) is 22.9 Å². The number of halogens is 3. The molecule has 0 aliphatic heterocycles. The number of carbonyl (C=O) groups is 2. The van der Waals surface area contributed by atoms with Gasteiger partial charge in [0.05, 0.1) is 20.6 Å². The lowest BCUT2D eigenvalue weighted by Crippen LogP contribution is -2.26. The number of aromatic nitrogens is 1. The largest absolute Gasteiger partial charge is 0.452 e. The molecule has 29 heavy (non-hydrogen) atoms. The zero-order valence-electron chi connectivity index (χ0n) is 14.6. The molecule has 8 nitrogen and oxygen atoms in total. The van der Waals surface area contributed by atoms with Gasteiger partial charge < -0.3 is 10.1 Å². The number of nitrogens with zero attached hydrogens (tertiary/aromatic N) is 1. The Kier molecular flexibility index (Phi) is 6.65. The summed E-state index contributed by atoms with van der Waals surface area (Å²) in [5.41, 5.74) is -0.232. The molecule has 0 atom stereocenters. The van der Waals surface area contributed by atoms with Gasteiger partial charge in [0.25, 0.3) is 5.91 Å². The summed E-state index contributed by atoms with van der Waals surface area (Å²) in [6, 6.07) is 5.02. The fraction of sp³-hybridized carbons (Fsp3) is 0.235. The second kappa shape index (κ2) is 8.85. The third kappa shape index (κ3) is 5.80. The maximum absolute atomic E-state index is 12.4. The van der Waals surface area contributed by atoms with E-state index in [1.807, 2.05) is 0 Å². The van der Waals surface area contributed by atoms with Crippen molar-refractivity contribution < 1.29 is 22.7 Å². The summed E-state index contributed by atoms with van der Waals surface area (Å²) in [5.74, 6) is -1.41. The Morgan fingerprint density at radius 1 is 1.14 bits per heavy atom. The van der Waals surface area contributed by atoms with Crippen LogP contribution in [0, 0.1) is 0 Å². The first-order valence-corrected chi connectivity index (χ1v) is 10.9. The van der Waals surface area contributed by atoms with E-state index >= 15 is 0 Å². The molecule has 12 heteroatoms. The Labute approximate surface area is 181 Å². The van der Waals surface area contributed by atoms with Crippen LogP contribution in [0.3, 0.4) is 0 Å². The van der Waals surface area contributed by atoms with Gasteiger partial charge in [0, 0.05) is 12.2 Å². The number of nitrogens with one attached hydrogen (secondary N) is 2. The van der Waals surface area contributed by atoms with Crippen LogP contribution in [0.4, 0.5) is 5.82 Å². The molecular formula is C17H14Cl3N3O5S. The van der Waals surface area contributed by atoms with Crippen LogP contribution in [0.1, 0.15) is 23.2 Å². The Hall–Kier alpha value is -1.91. The van der Waals surface area contributed by atoms with Crippen LogP contribution in [0.5, 0.6) is 0 Å². The fourth-order valence-electron chi connectivity index (χ4n) is 2.21. The molecule has 1 aliphatic rings. The molecule has 1 fully saturated rings. The van der Waals surface area contributed by atoms with Crippen molar-refractivity contribution in [3.63, 3.8) is 0 Å². The van der Waals surface area contributed by atoms with Gasteiger partial charge in [-0.15, -0.1) is 0 Å². The molecule has 1 aliphatic carbocycles. The van der Waals surface area contributed by atoms with Crippen molar-refractivity contribution >= 4 is 62.5 Å². The van der Waals surface area contributed by atoms with Crippen LogP contribution in [-0.4, -0.2) is 37.9 Å². The number of hydrogen-bond acceptors (Lipinski definition) is 6. The number of amides is 1. The van der Waals surface area contributed by atoms with Gasteiger partial charge in [0.15, 0.2) is 6.61 Å². The minimum Gasteiger partial charge on any atom is -0.452 e. The highest BCUT2D eigenvalue weighted by Crippen LogP contribution is 2.31. The van der Waals surface area contributed by atoms with Crippen molar-refractivity contribution in [3.8, 4) is 0 Å². The van der Waals surface area contributed by atoms with Crippen LogP contribution < -0.4 is 10.0 Å². The average Bonchev–Trinajstić information content (AvgIpc) is 3.44.